The Labute approximate surface area is 97.1 Å². The molecule has 2 unspecified atom stereocenters. The van der Waals surface area contributed by atoms with E-state index in [4.69, 9.17) is 4.74 Å². The summed E-state index contributed by atoms with van der Waals surface area (Å²) >= 11 is 0. The van der Waals surface area contributed by atoms with Gasteiger partial charge in [-0.25, -0.2) is 0 Å². The number of aliphatic hydroxyl groups is 2. The Bertz CT molecular complexity index is 246. The van der Waals surface area contributed by atoms with Crippen LogP contribution in [0.15, 0.2) is 12.2 Å². The molecule has 2 fully saturated rings. The zero-order chi connectivity index (χ0) is 11.5. The maximum absolute atomic E-state index is 9.90. The Hall–Kier alpha value is -0.380. The van der Waals surface area contributed by atoms with Crippen LogP contribution in [0, 0.1) is 5.92 Å². The molecule has 2 N–H and O–H groups in total. The van der Waals surface area contributed by atoms with Crippen molar-refractivity contribution in [2.75, 3.05) is 0 Å². The van der Waals surface area contributed by atoms with E-state index in [1.165, 1.54) is 25.7 Å². The molecule has 3 nitrogen and oxygen atoms in total. The molecule has 3 heteroatoms. The third kappa shape index (κ3) is 2.47. The number of aliphatic hydroxyl groups excluding tert-OH is 2. The normalized spacial score (nSPS) is 38.6. The van der Waals surface area contributed by atoms with Gasteiger partial charge in [-0.15, -0.1) is 0 Å². The fourth-order valence-electron chi connectivity index (χ4n) is 2.97. The number of rotatable bonds is 3. The van der Waals surface area contributed by atoms with Crippen molar-refractivity contribution >= 4 is 0 Å². The maximum Gasteiger partial charge on any atom is 0.113 e. The second-order valence-electron chi connectivity index (χ2n) is 5.00. The highest BCUT2D eigenvalue weighted by molar-refractivity contribution is 4.98. The Morgan fingerprint density at radius 1 is 1.31 bits per heavy atom. The molecule has 0 radical (unpaired) electrons. The number of allylic oxidation sites excluding steroid dienone is 1. The summed E-state index contributed by atoms with van der Waals surface area (Å²) in [5, 5.41) is 19.7. The van der Waals surface area contributed by atoms with Crippen molar-refractivity contribution in [3.8, 4) is 0 Å². The lowest BCUT2D eigenvalue weighted by atomic mass is 9.97. The standard InChI is InChI=1S/C13H22O3/c1-2-5-10(14)13-11(15)8-12(16-13)9-6-3-4-7-9/h2,5,9-15H,3-4,6-8H2,1H3/b5-2+/t10?,11?,12-,13-/m1/s1. The average molecular weight is 226 g/mol. The van der Waals surface area contributed by atoms with E-state index in [1.54, 1.807) is 12.2 Å². The van der Waals surface area contributed by atoms with Gasteiger partial charge in [0.05, 0.1) is 12.2 Å². The Morgan fingerprint density at radius 3 is 2.62 bits per heavy atom. The number of ether oxygens (including phenoxy) is 1. The van der Waals surface area contributed by atoms with Gasteiger partial charge in [-0.05, 0) is 25.7 Å². The molecule has 0 aromatic rings. The van der Waals surface area contributed by atoms with E-state index in [9.17, 15) is 10.2 Å². The third-order valence-corrected chi connectivity index (χ3v) is 3.84. The highest BCUT2D eigenvalue weighted by atomic mass is 16.5. The Morgan fingerprint density at radius 2 is 2.00 bits per heavy atom. The molecule has 0 amide bonds. The van der Waals surface area contributed by atoms with E-state index in [0.29, 0.717) is 12.3 Å². The van der Waals surface area contributed by atoms with Crippen LogP contribution in [0.25, 0.3) is 0 Å². The minimum atomic E-state index is -0.675. The summed E-state index contributed by atoms with van der Waals surface area (Å²) in [4.78, 5) is 0. The predicted octanol–water partition coefficient (Wildman–Crippen LogP) is 1.63. The van der Waals surface area contributed by atoms with Gasteiger partial charge in [-0.3, -0.25) is 0 Å². The fraction of sp³-hybridized carbons (Fsp3) is 0.846. The van der Waals surface area contributed by atoms with Crippen LogP contribution in [0.1, 0.15) is 39.0 Å². The van der Waals surface area contributed by atoms with Gasteiger partial charge in [-0.1, -0.05) is 25.0 Å². The third-order valence-electron chi connectivity index (χ3n) is 3.84. The van der Waals surface area contributed by atoms with Gasteiger partial charge in [0.2, 0.25) is 0 Å². The quantitative estimate of drug-likeness (QED) is 0.719. The molecule has 1 heterocycles. The Balaban J connectivity index is 1.92. The predicted molar refractivity (Wildman–Crippen MR) is 62.1 cm³/mol. The van der Waals surface area contributed by atoms with Gasteiger partial charge in [0.15, 0.2) is 0 Å². The lowest BCUT2D eigenvalue weighted by molar-refractivity contribution is -0.0604. The van der Waals surface area contributed by atoms with Crippen LogP contribution < -0.4 is 0 Å². The second-order valence-corrected chi connectivity index (χ2v) is 5.00. The molecule has 1 aliphatic carbocycles. The van der Waals surface area contributed by atoms with E-state index in [0.717, 1.165) is 0 Å². The average Bonchev–Trinajstić information content (AvgIpc) is 2.86. The van der Waals surface area contributed by atoms with Crippen LogP contribution in [0.4, 0.5) is 0 Å². The van der Waals surface area contributed by atoms with Crippen LogP contribution in [0.5, 0.6) is 0 Å². The summed E-state index contributed by atoms with van der Waals surface area (Å²) in [5.41, 5.74) is 0. The molecule has 0 bridgehead atoms. The topological polar surface area (TPSA) is 49.7 Å². The van der Waals surface area contributed by atoms with E-state index in [1.807, 2.05) is 6.92 Å². The van der Waals surface area contributed by atoms with Gasteiger partial charge < -0.3 is 14.9 Å². The zero-order valence-corrected chi connectivity index (χ0v) is 9.88. The van der Waals surface area contributed by atoms with Crippen LogP contribution in [0.2, 0.25) is 0 Å². The highest BCUT2D eigenvalue weighted by Gasteiger charge is 2.41. The zero-order valence-electron chi connectivity index (χ0n) is 9.88. The van der Waals surface area contributed by atoms with Crippen molar-refractivity contribution in [3.05, 3.63) is 12.2 Å². The first-order valence-corrected chi connectivity index (χ1v) is 6.36. The molecule has 0 aromatic carbocycles. The minimum absolute atomic E-state index is 0.155. The van der Waals surface area contributed by atoms with Gasteiger partial charge in [0, 0.05) is 6.42 Å². The van der Waals surface area contributed by atoms with Gasteiger partial charge >= 0.3 is 0 Å². The van der Waals surface area contributed by atoms with Crippen molar-refractivity contribution in [2.45, 2.75) is 63.4 Å². The van der Waals surface area contributed by atoms with E-state index in [2.05, 4.69) is 0 Å². The van der Waals surface area contributed by atoms with Crippen LogP contribution in [-0.4, -0.2) is 34.6 Å². The molecule has 1 aliphatic heterocycles. The van der Waals surface area contributed by atoms with Crippen molar-refractivity contribution < 1.29 is 14.9 Å². The molecule has 92 valence electrons. The summed E-state index contributed by atoms with van der Waals surface area (Å²) < 4.78 is 5.82. The van der Waals surface area contributed by atoms with Crippen molar-refractivity contribution in [3.63, 3.8) is 0 Å². The number of hydrogen-bond donors (Lipinski definition) is 2. The lowest BCUT2D eigenvalue weighted by Gasteiger charge is -2.21. The molecule has 4 atom stereocenters. The molecule has 1 saturated heterocycles. The van der Waals surface area contributed by atoms with Crippen LogP contribution in [0.3, 0.4) is 0 Å². The van der Waals surface area contributed by atoms with Crippen molar-refractivity contribution in [1.82, 2.24) is 0 Å². The van der Waals surface area contributed by atoms with E-state index in [-0.39, 0.29) is 6.10 Å². The summed E-state index contributed by atoms with van der Waals surface area (Å²) in [6.45, 7) is 1.86. The highest BCUT2D eigenvalue weighted by Crippen LogP contribution is 2.36. The minimum Gasteiger partial charge on any atom is -0.390 e. The molecular formula is C13H22O3. The monoisotopic (exact) mass is 226 g/mol. The molecule has 16 heavy (non-hydrogen) atoms. The molecular weight excluding hydrogens is 204 g/mol. The van der Waals surface area contributed by atoms with Crippen LogP contribution in [-0.2, 0) is 4.74 Å². The summed E-state index contributed by atoms with van der Waals surface area (Å²) in [7, 11) is 0. The fourth-order valence-corrected chi connectivity index (χ4v) is 2.97. The van der Waals surface area contributed by atoms with Crippen LogP contribution >= 0.6 is 0 Å². The maximum atomic E-state index is 9.90. The molecule has 2 aliphatic rings. The van der Waals surface area contributed by atoms with Gasteiger partial charge in [0.1, 0.15) is 12.2 Å². The van der Waals surface area contributed by atoms with Gasteiger partial charge in [-0.2, -0.15) is 0 Å². The molecule has 0 aromatic heterocycles. The molecule has 1 saturated carbocycles. The first-order chi connectivity index (χ1) is 7.72. The number of hydrogen-bond acceptors (Lipinski definition) is 3. The van der Waals surface area contributed by atoms with Gasteiger partial charge in [0.25, 0.3) is 0 Å². The first-order valence-electron chi connectivity index (χ1n) is 6.36. The van der Waals surface area contributed by atoms with Crippen molar-refractivity contribution in [1.29, 1.82) is 0 Å². The summed E-state index contributed by atoms with van der Waals surface area (Å²) in [6.07, 6.45) is 7.68. The van der Waals surface area contributed by atoms with E-state index < -0.39 is 18.3 Å². The lowest BCUT2D eigenvalue weighted by Crippen LogP contribution is -2.33. The molecule has 0 spiro atoms. The second kappa shape index (κ2) is 5.30. The van der Waals surface area contributed by atoms with E-state index >= 15 is 0 Å². The summed E-state index contributed by atoms with van der Waals surface area (Å²) in [5.74, 6) is 0.595. The summed E-state index contributed by atoms with van der Waals surface area (Å²) in [6, 6.07) is 0. The largest absolute Gasteiger partial charge is 0.390 e. The SMILES string of the molecule is C/C=C/C(O)[C@H]1O[C@@H](C2CCCC2)CC1O. The smallest absolute Gasteiger partial charge is 0.113 e. The molecule has 2 rings (SSSR count). The van der Waals surface area contributed by atoms with Crippen molar-refractivity contribution in [2.24, 2.45) is 5.92 Å². The first kappa shape index (κ1) is 12.1. The Kier molecular flexibility index (Phi) is 4.00.